The highest BCUT2D eigenvalue weighted by molar-refractivity contribution is 7.98. The monoisotopic (exact) mass is 425 g/mol. The van der Waals surface area contributed by atoms with Gasteiger partial charge in [0.15, 0.2) is 16.7 Å². The maximum absolute atomic E-state index is 12.8. The van der Waals surface area contributed by atoms with Crippen molar-refractivity contribution in [3.8, 4) is 5.75 Å². The Hall–Kier alpha value is -3.26. The van der Waals surface area contributed by atoms with Crippen LogP contribution in [0.1, 0.15) is 33.3 Å². The van der Waals surface area contributed by atoms with E-state index in [2.05, 4.69) is 10.3 Å². The van der Waals surface area contributed by atoms with E-state index in [1.165, 1.54) is 18.9 Å². The number of imidazole rings is 1. The number of anilines is 1. The summed E-state index contributed by atoms with van der Waals surface area (Å²) in [6.07, 6.45) is 1.87. The predicted molar refractivity (Wildman–Crippen MR) is 116 cm³/mol. The summed E-state index contributed by atoms with van der Waals surface area (Å²) in [5.74, 6) is -0.201. The van der Waals surface area contributed by atoms with Crippen LogP contribution in [0.25, 0.3) is 0 Å². The summed E-state index contributed by atoms with van der Waals surface area (Å²) in [7, 11) is 1.53. The fourth-order valence-corrected chi connectivity index (χ4v) is 3.50. The molecule has 0 unspecified atom stereocenters. The topological polar surface area (TPSA) is 82.4 Å². The molecular formula is C22H23N3O4S. The van der Waals surface area contributed by atoms with Crippen LogP contribution in [-0.2, 0) is 11.3 Å². The molecule has 0 radical (unpaired) electrons. The summed E-state index contributed by atoms with van der Waals surface area (Å²) in [6, 6.07) is 16.5. The maximum Gasteiger partial charge on any atom is 0.358 e. The number of rotatable bonds is 8. The van der Waals surface area contributed by atoms with Gasteiger partial charge in [-0.05, 0) is 36.9 Å². The lowest BCUT2D eigenvalue weighted by atomic mass is 10.2. The number of aromatic nitrogens is 2. The largest absolute Gasteiger partial charge is 0.497 e. The molecule has 0 saturated carbocycles. The predicted octanol–water partition coefficient (Wildman–Crippen LogP) is 4.09. The van der Waals surface area contributed by atoms with Crippen LogP contribution in [0.5, 0.6) is 5.75 Å². The van der Waals surface area contributed by atoms with Gasteiger partial charge >= 0.3 is 5.97 Å². The van der Waals surface area contributed by atoms with Gasteiger partial charge in [0.1, 0.15) is 5.75 Å². The Morgan fingerprint density at radius 3 is 2.57 bits per heavy atom. The zero-order valence-corrected chi connectivity index (χ0v) is 17.9. The number of ether oxygens (including phenoxy) is 2. The number of benzene rings is 2. The number of nitrogens with zero attached hydrogens (tertiary/aromatic N) is 2. The molecule has 0 atom stereocenters. The van der Waals surface area contributed by atoms with Gasteiger partial charge in [0.05, 0.1) is 20.3 Å². The number of carbonyl (C=O) groups is 2. The van der Waals surface area contributed by atoms with Gasteiger partial charge in [0, 0.05) is 5.56 Å². The van der Waals surface area contributed by atoms with E-state index < -0.39 is 11.9 Å². The van der Waals surface area contributed by atoms with Crippen molar-refractivity contribution in [1.29, 1.82) is 0 Å². The smallest absolute Gasteiger partial charge is 0.358 e. The van der Waals surface area contributed by atoms with Gasteiger partial charge in [-0.3, -0.25) is 4.79 Å². The van der Waals surface area contributed by atoms with Crippen molar-refractivity contribution in [2.45, 2.75) is 18.6 Å². The van der Waals surface area contributed by atoms with E-state index in [4.69, 9.17) is 9.47 Å². The van der Waals surface area contributed by atoms with Gasteiger partial charge < -0.3 is 19.4 Å². The molecule has 0 spiro atoms. The van der Waals surface area contributed by atoms with Crippen molar-refractivity contribution < 1.29 is 19.1 Å². The molecule has 1 N–H and O–H groups in total. The minimum atomic E-state index is -0.540. The SMILES string of the molecule is CCOC(=O)c1c(NC(=O)c2cccc(OC)c2)nc(SC)n1Cc1ccccc1. The van der Waals surface area contributed by atoms with Crippen molar-refractivity contribution in [1.82, 2.24) is 9.55 Å². The molecule has 0 bridgehead atoms. The summed E-state index contributed by atoms with van der Waals surface area (Å²) in [6.45, 7) is 2.38. The number of hydrogen-bond acceptors (Lipinski definition) is 6. The number of nitrogens with one attached hydrogen (secondary N) is 1. The second-order valence-electron chi connectivity index (χ2n) is 6.27. The van der Waals surface area contributed by atoms with Crippen LogP contribution in [0, 0.1) is 0 Å². The lowest BCUT2D eigenvalue weighted by Crippen LogP contribution is -2.18. The number of esters is 1. The van der Waals surface area contributed by atoms with Crippen molar-refractivity contribution in [2.24, 2.45) is 0 Å². The van der Waals surface area contributed by atoms with Crippen LogP contribution in [0.15, 0.2) is 59.8 Å². The van der Waals surface area contributed by atoms with Crippen LogP contribution in [0.2, 0.25) is 0 Å². The molecular weight excluding hydrogens is 402 g/mol. The molecule has 0 aliphatic heterocycles. The number of carbonyl (C=O) groups excluding carboxylic acids is 2. The van der Waals surface area contributed by atoms with Crippen molar-refractivity contribution in [3.05, 3.63) is 71.4 Å². The van der Waals surface area contributed by atoms with Gasteiger partial charge in [0.25, 0.3) is 5.91 Å². The molecule has 2 aromatic carbocycles. The Kier molecular flexibility index (Phi) is 7.13. The zero-order chi connectivity index (χ0) is 21.5. The van der Waals surface area contributed by atoms with Crippen LogP contribution >= 0.6 is 11.8 Å². The van der Waals surface area contributed by atoms with Crippen LogP contribution < -0.4 is 10.1 Å². The first-order chi connectivity index (χ1) is 14.6. The fraction of sp³-hybridized carbons (Fsp3) is 0.227. The standard InChI is InChI=1S/C22H23N3O4S/c1-4-29-21(27)18-19(23-20(26)16-11-8-12-17(13-16)28-2)24-22(30-3)25(18)14-15-9-6-5-7-10-15/h5-13H,4,14H2,1-3H3,(H,23,26). The molecule has 0 aliphatic rings. The van der Waals surface area contributed by atoms with E-state index in [1.54, 1.807) is 35.8 Å². The third-order valence-electron chi connectivity index (χ3n) is 4.33. The Bertz CT molecular complexity index is 1030. The Morgan fingerprint density at radius 2 is 1.90 bits per heavy atom. The summed E-state index contributed by atoms with van der Waals surface area (Å²) in [5, 5.41) is 3.36. The first-order valence-electron chi connectivity index (χ1n) is 9.38. The summed E-state index contributed by atoms with van der Waals surface area (Å²) >= 11 is 1.39. The second kappa shape index (κ2) is 9.98. The van der Waals surface area contributed by atoms with E-state index in [-0.39, 0.29) is 18.1 Å². The molecule has 1 heterocycles. The fourth-order valence-electron chi connectivity index (χ4n) is 2.94. The lowest BCUT2D eigenvalue weighted by molar-refractivity contribution is 0.0514. The number of amides is 1. The molecule has 8 heteroatoms. The minimum absolute atomic E-state index is 0.168. The Balaban J connectivity index is 2.00. The van der Waals surface area contributed by atoms with E-state index in [0.29, 0.717) is 23.0 Å². The van der Waals surface area contributed by atoms with Crippen molar-refractivity contribution >= 4 is 29.5 Å². The molecule has 3 aromatic rings. The molecule has 0 aliphatic carbocycles. The molecule has 30 heavy (non-hydrogen) atoms. The second-order valence-corrected chi connectivity index (χ2v) is 7.05. The normalized spacial score (nSPS) is 10.5. The van der Waals surface area contributed by atoms with Gasteiger partial charge in [-0.15, -0.1) is 0 Å². The minimum Gasteiger partial charge on any atom is -0.497 e. The molecule has 7 nitrogen and oxygen atoms in total. The highest BCUT2D eigenvalue weighted by Gasteiger charge is 2.26. The first kappa shape index (κ1) is 21.4. The highest BCUT2D eigenvalue weighted by Crippen LogP contribution is 2.26. The molecule has 3 rings (SSSR count). The summed E-state index contributed by atoms with van der Waals surface area (Å²) in [5.41, 5.74) is 1.61. The van der Waals surface area contributed by atoms with Crippen LogP contribution in [-0.4, -0.2) is 41.4 Å². The van der Waals surface area contributed by atoms with Gasteiger partial charge in [-0.2, -0.15) is 0 Å². The molecule has 1 amide bonds. The lowest BCUT2D eigenvalue weighted by Gasteiger charge is -2.11. The van der Waals surface area contributed by atoms with Gasteiger partial charge in [-0.25, -0.2) is 9.78 Å². The number of thioether (sulfide) groups is 1. The average molecular weight is 426 g/mol. The first-order valence-corrected chi connectivity index (χ1v) is 10.6. The van der Waals surface area contributed by atoms with Crippen molar-refractivity contribution in [3.63, 3.8) is 0 Å². The van der Waals surface area contributed by atoms with E-state index >= 15 is 0 Å². The van der Waals surface area contributed by atoms with E-state index in [1.807, 2.05) is 36.6 Å². The van der Waals surface area contributed by atoms with E-state index in [9.17, 15) is 9.59 Å². The zero-order valence-electron chi connectivity index (χ0n) is 17.0. The quantitative estimate of drug-likeness (QED) is 0.432. The van der Waals surface area contributed by atoms with Crippen LogP contribution in [0.4, 0.5) is 5.82 Å². The summed E-state index contributed by atoms with van der Waals surface area (Å²) in [4.78, 5) is 30.1. The maximum atomic E-state index is 12.8. The number of methoxy groups -OCH3 is 1. The third kappa shape index (κ3) is 4.83. The van der Waals surface area contributed by atoms with Crippen LogP contribution in [0.3, 0.4) is 0 Å². The third-order valence-corrected chi connectivity index (χ3v) is 5.01. The Labute approximate surface area is 179 Å². The molecule has 156 valence electrons. The Morgan fingerprint density at radius 1 is 1.13 bits per heavy atom. The van der Waals surface area contributed by atoms with Gasteiger partial charge in [0.2, 0.25) is 0 Å². The van der Waals surface area contributed by atoms with Crippen molar-refractivity contribution in [2.75, 3.05) is 25.3 Å². The molecule has 0 saturated heterocycles. The molecule has 0 fully saturated rings. The van der Waals surface area contributed by atoms with E-state index in [0.717, 1.165) is 5.56 Å². The molecule has 1 aromatic heterocycles. The number of hydrogen-bond donors (Lipinski definition) is 1. The average Bonchev–Trinajstić information content (AvgIpc) is 3.11. The van der Waals surface area contributed by atoms with Gasteiger partial charge in [-0.1, -0.05) is 48.2 Å². The highest BCUT2D eigenvalue weighted by atomic mass is 32.2. The summed E-state index contributed by atoms with van der Waals surface area (Å²) < 4.78 is 12.2.